The normalized spacial score (nSPS) is 20.1. The van der Waals surface area contributed by atoms with Crippen LogP contribution >= 0.6 is 23.2 Å². The molecular weight excluding hydrogens is 667 g/mol. The van der Waals surface area contributed by atoms with Crippen LogP contribution in [0.3, 0.4) is 0 Å². The van der Waals surface area contributed by atoms with Crippen LogP contribution in [0.4, 0.5) is 11.4 Å². The zero-order valence-corrected chi connectivity index (χ0v) is 28.9. The van der Waals surface area contributed by atoms with Crippen molar-refractivity contribution in [1.82, 2.24) is 29.1 Å². The van der Waals surface area contributed by atoms with Crippen molar-refractivity contribution in [3.63, 3.8) is 0 Å². The first-order valence-electron chi connectivity index (χ1n) is 16.4. The molecular formula is C35H38Cl2N8O4. The molecule has 12 nitrogen and oxygen atoms in total. The average Bonchev–Trinajstić information content (AvgIpc) is 3.88. The SMILES string of the molecule is CC[C@H](C)n1ncn(-c2ccc(N3CCN(c4ccc(OC[C@@H]5CO[C@](Cn6cncn6)(c6ccc(Cl)cc6Cl)O5)cc4)CC3)cc2)c1=O. The Bertz CT molecular complexity index is 1910. The van der Waals surface area contributed by atoms with Gasteiger partial charge in [0.1, 0.15) is 44.0 Å². The van der Waals surface area contributed by atoms with Crippen molar-refractivity contribution >= 4 is 34.6 Å². The molecule has 49 heavy (non-hydrogen) atoms. The summed E-state index contributed by atoms with van der Waals surface area (Å²) in [6, 6.07) is 21.6. The number of anilines is 2. The number of nitrogens with zero attached hydrogens (tertiary/aromatic N) is 8. The number of rotatable bonds is 11. The standard InChI is InChI=1S/C35H38Cl2N8O4/c1-3-25(2)45-34(46)44(24-40-45)29-7-5-27(6-8-29)41-14-16-42(17-15-41)28-9-11-30(12-10-28)47-19-31-20-48-35(49-31,21-43-23-38-22-39-43)32-13-4-26(36)18-33(32)37/h4-13,18,22-25,31H,3,14-17,19-21H2,1-2H3/t25-,31+,35-/m0/s1. The fraction of sp³-hybridized carbons (Fsp3) is 0.371. The van der Waals surface area contributed by atoms with Gasteiger partial charge >= 0.3 is 5.69 Å². The molecule has 2 aromatic heterocycles. The molecule has 0 unspecified atom stereocenters. The summed E-state index contributed by atoms with van der Waals surface area (Å²) >= 11 is 12.7. The van der Waals surface area contributed by atoms with Crippen LogP contribution in [0.25, 0.3) is 5.69 Å². The lowest BCUT2D eigenvalue weighted by molar-refractivity contribution is -0.190. The number of hydrogen-bond donors (Lipinski definition) is 0. The van der Waals surface area contributed by atoms with E-state index in [1.54, 1.807) is 34.0 Å². The molecule has 7 rings (SSSR count). The van der Waals surface area contributed by atoms with Crippen molar-refractivity contribution in [3.05, 3.63) is 112 Å². The van der Waals surface area contributed by atoms with Gasteiger partial charge in [0.05, 0.1) is 23.4 Å². The molecule has 3 atom stereocenters. The summed E-state index contributed by atoms with van der Waals surface area (Å²) in [5, 5.41) is 9.50. The van der Waals surface area contributed by atoms with E-state index in [9.17, 15) is 4.79 Å². The molecule has 0 bridgehead atoms. The first-order valence-corrected chi connectivity index (χ1v) is 17.2. The second-order valence-corrected chi connectivity index (χ2v) is 13.1. The van der Waals surface area contributed by atoms with Gasteiger partial charge in [0.25, 0.3) is 0 Å². The molecule has 0 amide bonds. The highest BCUT2D eigenvalue weighted by molar-refractivity contribution is 6.35. The fourth-order valence-corrected chi connectivity index (χ4v) is 6.79. The topological polar surface area (TPSA) is 105 Å². The summed E-state index contributed by atoms with van der Waals surface area (Å²) in [5.74, 6) is -0.410. The van der Waals surface area contributed by atoms with Crippen LogP contribution in [0, 0.1) is 0 Å². The largest absolute Gasteiger partial charge is 0.491 e. The van der Waals surface area contributed by atoms with E-state index in [1.165, 1.54) is 11.0 Å². The van der Waals surface area contributed by atoms with Gasteiger partial charge in [-0.1, -0.05) is 36.2 Å². The summed E-state index contributed by atoms with van der Waals surface area (Å²) in [4.78, 5) is 21.6. The monoisotopic (exact) mass is 704 g/mol. The number of halogens is 2. The Morgan fingerprint density at radius 2 is 1.59 bits per heavy atom. The third kappa shape index (κ3) is 7.04. The van der Waals surface area contributed by atoms with Crippen LogP contribution in [0.1, 0.15) is 31.9 Å². The lowest BCUT2D eigenvalue weighted by atomic mass is 10.1. The molecule has 0 N–H and O–H groups in total. The van der Waals surface area contributed by atoms with E-state index in [-0.39, 0.29) is 24.4 Å². The maximum absolute atomic E-state index is 12.8. The number of aromatic nitrogens is 6. The Morgan fingerprint density at radius 3 is 2.22 bits per heavy atom. The van der Waals surface area contributed by atoms with E-state index in [0.717, 1.165) is 55.4 Å². The summed E-state index contributed by atoms with van der Waals surface area (Å²) in [6.07, 6.45) is 5.19. The molecule has 14 heteroatoms. The van der Waals surface area contributed by atoms with Crippen molar-refractivity contribution in [1.29, 1.82) is 0 Å². The first-order chi connectivity index (χ1) is 23.8. The predicted octanol–water partition coefficient (Wildman–Crippen LogP) is 5.58. The lowest BCUT2D eigenvalue weighted by Crippen LogP contribution is -2.46. The summed E-state index contributed by atoms with van der Waals surface area (Å²) in [6.45, 7) is 8.48. The van der Waals surface area contributed by atoms with E-state index in [0.29, 0.717) is 28.8 Å². The maximum Gasteiger partial charge on any atom is 0.350 e. The maximum atomic E-state index is 12.8. The summed E-state index contributed by atoms with van der Waals surface area (Å²) in [5.41, 5.74) is 3.64. The van der Waals surface area contributed by atoms with E-state index in [1.807, 2.05) is 44.2 Å². The van der Waals surface area contributed by atoms with Crippen LogP contribution in [0.2, 0.25) is 10.0 Å². The van der Waals surface area contributed by atoms with Crippen LogP contribution in [0.15, 0.2) is 90.5 Å². The van der Waals surface area contributed by atoms with Gasteiger partial charge in [0.2, 0.25) is 5.79 Å². The van der Waals surface area contributed by atoms with Crippen molar-refractivity contribution < 1.29 is 14.2 Å². The van der Waals surface area contributed by atoms with E-state index in [4.69, 9.17) is 37.4 Å². The van der Waals surface area contributed by atoms with Crippen molar-refractivity contribution in [2.75, 3.05) is 49.2 Å². The minimum atomic E-state index is -1.16. The second-order valence-electron chi connectivity index (χ2n) is 12.3. The molecule has 0 aliphatic carbocycles. The van der Waals surface area contributed by atoms with Crippen molar-refractivity contribution in [2.24, 2.45) is 0 Å². The van der Waals surface area contributed by atoms with Gasteiger partial charge in [-0.05, 0) is 74.0 Å². The molecule has 5 aromatic rings. The van der Waals surface area contributed by atoms with Crippen molar-refractivity contribution in [3.8, 4) is 11.4 Å². The zero-order chi connectivity index (χ0) is 34.0. The lowest BCUT2D eigenvalue weighted by Gasteiger charge is -2.37. The van der Waals surface area contributed by atoms with Gasteiger partial charge in [-0.2, -0.15) is 10.2 Å². The first kappa shape index (κ1) is 33.2. The molecule has 0 spiro atoms. The molecule has 2 aliphatic heterocycles. The van der Waals surface area contributed by atoms with Gasteiger partial charge in [0, 0.05) is 48.1 Å². The van der Waals surface area contributed by atoms with Gasteiger partial charge in [-0.3, -0.25) is 0 Å². The molecule has 256 valence electrons. The summed E-state index contributed by atoms with van der Waals surface area (Å²) in [7, 11) is 0. The average molecular weight is 706 g/mol. The van der Waals surface area contributed by atoms with Crippen LogP contribution in [-0.2, 0) is 21.8 Å². The highest BCUT2D eigenvalue weighted by Crippen LogP contribution is 2.40. The van der Waals surface area contributed by atoms with Gasteiger partial charge < -0.3 is 24.0 Å². The third-order valence-corrected chi connectivity index (χ3v) is 9.70. The summed E-state index contributed by atoms with van der Waals surface area (Å²) < 4.78 is 23.7. The Morgan fingerprint density at radius 1 is 0.918 bits per heavy atom. The quantitative estimate of drug-likeness (QED) is 0.174. The van der Waals surface area contributed by atoms with Crippen LogP contribution in [0.5, 0.6) is 5.75 Å². The predicted molar refractivity (Wildman–Crippen MR) is 188 cm³/mol. The molecule has 2 aliphatic rings. The second kappa shape index (κ2) is 14.2. The highest BCUT2D eigenvalue weighted by Gasteiger charge is 2.45. The number of ether oxygens (including phenoxy) is 3. The molecule has 2 saturated heterocycles. The minimum absolute atomic E-state index is 0.0645. The molecule has 3 aromatic carbocycles. The Hall–Kier alpha value is -4.36. The van der Waals surface area contributed by atoms with Crippen LogP contribution < -0.4 is 20.2 Å². The molecule has 4 heterocycles. The molecule has 2 fully saturated rings. The minimum Gasteiger partial charge on any atom is -0.491 e. The Kier molecular flexibility index (Phi) is 9.64. The van der Waals surface area contributed by atoms with Crippen molar-refractivity contribution in [2.45, 2.75) is 44.7 Å². The molecule has 0 saturated carbocycles. The van der Waals surface area contributed by atoms with E-state index in [2.05, 4.69) is 49.2 Å². The number of hydrogen-bond acceptors (Lipinski definition) is 9. The Balaban J connectivity index is 0.925. The van der Waals surface area contributed by atoms with Gasteiger partial charge in [-0.15, -0.1) is 0 Å². The van der Waals surface area contributed by atoms with Crippen LogP contribution in [-0.4, -0.2) is 74.6 Å². The third-order valence-electron chi connectivity index (χ3n) is 9.15. The smallest absolute Gasteiger partial charge is 0.350 e. The van der Waals surface area contributed by atoms with E-state index >= 15 is 0 Å². The zero-order valence-electron chi connectivity index (χ0n) is 27.4. The highest BCUT2D eigenvalue weighted by atomic mass is 35.5. The number of benzene rings is 3. The van der Waals surface area contributed by atoms with Gasteiger partial charge in [0.15, 0.2) is 0 Å². The number of piperazine rings is 1. The van der Waals surface area contributed by atoms with E-state index < -0.39 is 5.79 Å². The van der Waals surface area contributed by atoms with Gasteiger partial charge in [-0.25, -0.2) is 23.7 Å². The molecule has 0 radical (unpaired) electrons. The Labute approximate surface area is 294 Å². The fourth-order valence-electron chi connectivity index (χ4n) is 6.24.